The highest BCUT2D eigenvalue weighted by atomic mass is 16.5. The molecule has 1 heterocycles. The Morgan fingerprint density at radius 1 is 1.59 bits per heavy atom. The summed E-state index contributed by atoms with van der Waals surface area (Å²) in [5.41, 5.74) is 0.395. The molecule has 17 heavy (non-hydrogen) atoms. The van der Waals surface area contributed by atoms with Crippen molar-refractivity contribution in [3.05, 3.63) is 37.0 Å². The molecular weight excluding hydrogens is 220 g/mol. The number of ether oxygens (including phenoxy) is 1. The van der Waals surface area contributed by atoms with E-state index in [-0.39, 0.29) is 5.78 Å². The summed E-state index contributed by atoms with van der Waals surface area (Å²) < 4.78 is 9.53. The predicted molar refractivity (Wildman–Crippen MR) is 62.3 cm³/mol. The highest BCUT2D eigenvalue weighted by molar-refractivity contribution is 6.08. The molecule has 92 valence electrons. The molecule has 4 heteroatoms. The molecule has 0 radical (unpaired) electrons. The monoisotopic (exact) mass is 236 g/mol. The molecule has 0 N–H and O–H groups in total. The van der Waals surface area contributed by atoms with Gasteiger partial charge in [-0.2, -0.15) is 0 Å². The zero-order valence-electron chi connectivity index (χ0n) is 9.85. The Labute approximate surface area is 100 Å². The van der Waals surface area contributed by atoms with Gasteiger partial charge in [0.15, 0.2) is 5.78 Å². The minimum absolute atomic E-state index is 0.265. The number of carbonyl (C=O) groups excluding carboxylic acids is 2. The van der Waals surface area contributed by atoms with Crippen LogP contribution in [0.2, 0.25) is 0 Å². The van der Waals surface area contributed by atoms with Crippen molar-refractivity contribution in [1.29, 1.82) is 0 Å². The third kappa shape index (κ3) is 3.59. The minimum Gasteiger partial charge on any atom is -0.472 e. The zero-order chi connectivity index (χ0) is 12.7. The summed E-state index contributed by atoms with van der Waals surface area (Å²) in [5.74, 6) is -1.59. The van der Waals surface area contributed by atoms with Gasteiger partial charge < -0.3 is 9.15 Å². The minimum atomic E-state index is -0.773. The molecule has 1 unspecified atom stereocenters. The van der Waals surface area contributed by atoms with Crippen LogP contribution in [-0.4, -0.2) is 11.8 Å². The maximum atomic E-state index is 12.0. The van der Waals surface area contributed by atoms with E-state index in [0.717, 1.165) is 19.1 Å². The number of hydrogen-bond donors (Lipinski definition) is 0. The van der Waals surface area contributed by atoms with Crippen molar-refractivity contribution in [3.8, 4) is 0 Å². The summed E-state index contributed by atoms with van der Waals surface area (Å²) in [6.07, 6.45) is 5.97. The predicted octanol–water partition coefficient (Wildman–Crippen LogP) is 2.96. The van der Waals surface area contributed by atoms with E-state index in [9.17, 15) is 9.59 Å². The van der Waals surface area contributed by atoms with Crippen LogP contribution in [0.15, 0.2) is 35.9 Å². The Hall–Kier alpha value is -1.84. The lowest BCUT2D eigenvalue weighted by atomic mass is 9.94. The van der Waals surface area contributed by atoms with Gasteiger partial charge >= 0.3 is 5.97 Å². The smallest absolute Gasteiger partial charge is 0.321 e. The van der Waals surface area contributed by atoms with Crippen molar-refractivity contribution in [2.45, 2.75) is 26.2 Å². The Bertz CT molecular complexity index is 378. The lowest BCUT2D eigenvalue weighted by Gasteiger charge is -2.11. The number of ketones is 1. The van der Waals surface area contributed by atoms with E-state index in [1.165, 1.54) is 12.5 Å². The summed E-state index contributed by atoms with van der Waals surface area (Å²) in [4.78, 5) is 23.7. The SMILES string of the molecule is C=COC(=O)C(CCCC)C(=O)c1ccoc1. The highest BCUT2D eigenvalue weighted by Gasteiger charge is 2.28. The van der Waals surface area contributed by atoms with Crippen LogP contribution in [0.3, 0.4) is 0 Å². The van der Waals surface area contributed by atoms with E-state index < -0.39 is 11.9 Å². The average molecular weight is 236 g/mol. The molecule has 0 bridgehead atoms. The number of esters is 1. The molecule has 0 aromatic carbocycles. The molecule has 0 aliphatic carbocycles. The second kappa shape index (κ2) is 6.68. The zero-order valence-corrected chi connectivity index (χ0v) is 9.85. The van der Waals surface area contributed by atoms with Crippen molar-refractivity contribution >= 4 is 11.8 Å². The van der Waals surface area contributed by atoms with E-state index >= 15 is 0 Å². The number of rotatable bonds is 7. The second-order valence-corrected chi connectivity index (χ2v) is 3.67. The third-order valence-electron chi connectivity index (χ3n) is 2.45. The normalized spacial score (nSPS) is 11.8. The first-order valence-corrected chi connectivity index (χ1v) is 5.58. The fourth-order valence-electron chi connectivity index (χ4n) is 1.53. The van der Waals surface area contributed by atoms with Gasteiger partial charge in [-0.15, -0.1) is 0 Å². The van der Waals surface area contributed by atoms with Gasteiger partial charge in [0.05, 0.1) is 18.1 Å². The summed E-state index contributed by atoms with van der Waals surface area (Å²) in [5, 5.41) is 0. The van der Waals surface area contributed by atoms with Crippen molar-refractivity contribution in [1.82, 2.24) is 0 Å². The maximum Gasteiger partial charge on any atom is 0.321 e. The topological polar surface area (TPSA) is 56.5 Å². The van der Waals surface area contributed by atoms with Gasteiger partial charge in [-0.25, -0.2) is 0 Å². The van der Waals surface area contributed by atoms with E-state index in [1.807, 2.05) is 6.92 Å². The van der Waals surface area contributed by atoms with E-state index in [1.54, 1.807) is 6.07 Å². The van der Waals surface area contributed by atoms with Crippen LogP contribution in [0, 0.1) is 5.92 Å². The van der Waals surface area contributed by atoms with Gasteiger partial charge in [0, 0.05) is 0 Å². The number of Topliss-reactive ketones (excluding diaryl/α,β-unsaturated/α-hetero) is 1. The van der Waals surface area contributed by atoms with Crippen molar-refractivity contribution in [3.63, 3.8) is 0 Å². The molecule has 0 aliphatic rings. The lowest BCUT2D eigenvalue weighted by Crippen LogP contribution is -2.25. The van der Waals surface area contributed by atoms with Gasteiger partial charge in [0.25, 0.3) is 0 Å². The summed E-state index contributed by atoms with van der Waals surface area (Å²) in [7, 11) is 0. The number of furan rings is 1. The first-order chi connectivity index (χ1) is 8.20. The quantitative estimate of drug-likeness (QED) is 0.316. The van der Waals surface area contributed by atoms with Crippen LogP contribution >= 0.6 is 0 Å². The van der Waals surface area contributed by atoms with Gasteiger partial charge in [-0.05, 0) is 12.5 Å². The third-order valence-corrected chi connectivity index (χ3v) is 2.45. The van der Waals surface area contributed by atoms with Gasteiger partial charge in [-0.3, -0.25) is 9.59 Å². The fraction of sp³-hybridized carbons (Fsp3) is 0.385. The van der Waals surface area contributed by atoms with Gasteiger partial charge in [-0.1, -0.05) is 26.3 Å². The first kappa shape index (κ1) is 13.2. The van der Waals surface area contributed by atoms with Crippen molar-refractivity contribution in [2.24, 2.45) is 5.92 Å². The molecule has 1 aromatic heterocycles. The Kier molecular flexibility index (Phi) is 5.20. The lowest BCUT2D eigenvalue weighted by molar-refractivity contribution is -0.141. The second-order valence-electron chi connectivity index (χ2n) is 3.67. The standard InChI is InChI=1S/C13H16O4/c1-3-5-6-11(13(15)17-4-2)12(14)10-7-8-16-9-10/h4,7-9,11H,2-3,5-6H2,1H3. The molecular formula is C13H16O4. The van der Waals surface area contributed by atoms with Crippen LogP contribution in [0.5, 0.6) is 0 Å². The molecule has 4 nitrogen and oxygen atoms in total. The molecule has 1 aromatic rings. The van der Waals surface area contributed by atoms with Crippen LogP contribution in [0.25, 0.3) is 0 Å². The average Bonchev–Trinajstić information content (AvgIpc) is 2.83. The Morgan fingerprint density at radius 2 is 2.35 bits per heavy atom. The van der Waals surface area contributed by atoms with Gasteiger partial charge in [0.1, 0.15) is 12.2 Å². The fourth-order valence-corrected chi connectivity index (χ4v) is 1.53. The summed E-state index contributed by atoms with van der Waals surface area (Å²) in [6, 6.07) is 1.54. The first-order valence-electron chi connectivity index (χ1n) is 5.58. The molecule has 1 rings (SSSR count). The Morgan fingerprint density at radius 3 is 2.88 bits per heavy atom. The van der Waals surface area contributed by atoms with E-state index in [4.69, 9.17) is 9.15 Å². The molecule has 0 amide bonds. The number of carbonyl (C=O) groups is 2. The van der Waals surface area contributed by atoms with Gasteiger partial charge in [0.2, 0.25) is 0 Å². The number of unbranched alkanes of at least 4 members (excludes halogenated alkanes) is 1. The van der Waals surface area contributed by atoms with Crippen LogP contribution in [0.4, 0.5) is 0 Å². The summed E-state index contributed by atoms with van der Waals surface area (Å²) >= 11 is 0. The molecule has 0 fully saturated rings. The number of hydrogen-bond acceptors (Lipinski definition) is 4. The molecule has 1 atom stereocenters. The largest absolute Gasteiger partial charge is 0.472 e. The van der Waals surface area contributed by atoms with Crippen LogP contribution < -0.4 is 0 Å². The molecule has 0 saturated heterocycles. The van der Waals surface area contributed by atoms with Crippen molar-refractivity contribution < 1.29 is 18.7 Å². The van der Waals surface area contributed by atoms with Crippen LogP contribution in [0.1, 0.15) is 36.5 Å². The molecule has 0 spiro atoms. The van der Waals surface area contributed by atoms with Crippen molar-refractivity contribution in [2.75, 3.05) is 0 Å². The summed E-state index contributed by atoms with van der Waals surface area (Å²) in [6.45, 7) is 5.31. The Balaban J connectivity index is 2.78. The maximum absolute atomic E-state index is 12.0. The highest BCUT2D eigenvalue weighted by Crippen LogP contribution is 2.17. The molecule has 0 aliphatic heterocycles. The van der Waals surface area contributed by atoms with E-state index in [2.05, 4.69) is 6.58 Å². The van der Waals surface area contributed by atoms with Crippen LogP contribution in [-0.2, 0) is 9.53 Å². The van der Waals surface area contributed by atoms with E-state index in [0.29, 0.717) is 12.0 Å². The molecule has 0 saturated carbocycles.